The Labute approximate surface area is 474 Å². The molecule has 384 valence electrons. The third-order valence-electron chi connectivity index (χ3n) is 15.8. The Morgan fingerprint density at radius 1 is 0.195 bits per heavy atom. The molecule has 6 heterocycles. The summed E-state index contributed by atoms with van der Waals surface area (Å²) in [5.41, 5.74) is 22.7. The van der Waals surface area contributed by atoms with Gasteiger partial charge >= 0.3 is 0 Å². The third-order valence-corrected chi connectivity index (χ3v) is 15.8. The zero-order valence-electron chi connectivity index (χ0n) is 44.6. The molecule has 0 spiro atoms. The van der Waals surface area contributed by atoms with Crippen LogP contribution in [0.1, 0.15) is 0 Å². The van der Waals surface area contributed by atoms with Gasteiger partial charge in [-0.2, -0.15) is 10.2 Å². The van der Waals surface area contributed by atoms with Crippen molar-refractivity contribution in [1.82, 2.24) is 29.2 Å². The van der Waals surface area contributed by atoms with Crippen LogP contribution in [-0.4, -0.2) is 29.2 Å². The summed E-state index contributed by atoms with van der Waals surface area (Å²) in [4.78, 5) is 8.37. The van der Waals surface area contributed by atoms with Crippen molar-refractivity contribution < 1.29 is 0 Å². The standard InChI is InChI=1S/C43H28N2.C33H22N4/c1-3-10-34-23-36(19-15-29(34)7-1)39-25-38(26-40(27-39)37-20-16-30-8-2-4-11-35(30)24-37)31-13-17-32(18-14-31)42-28-41-22-21-33-9-5-6-12-43(33)45(41)44-42;1-2-4-33-27(3-1)9-10-31-22-32(36-37(31)33)26-7-5-23(6-8-26)28-19-29(24-11-15-34-16-12-24)21-30(20-28)25-13-17-35-18-14-25/h1-28H;1-22H. The molecule has 0 N–H and O–H groups in total. The topological polar surface area (TPSA) is 60.4 Å². The van der Waals surface area contributed by atoms with Gasteiger partial charge in [-0.3, -0.25) is 9.97 Å². The van der Waals surface area contributed by atoms with E-state index in [1.807, 2.05) is 58.1 Å². The molecule has 16 aromatic rings. The molecule has 0 radical (unpaired) electrons. The van der Waals surface area contributed by atoms with Crippen molar-refractivity contribution in [2.45, 2.75) is 0 Å². The Bertz CT molecular complexity index is 4870. The van der Waals surface area contributed by atoms with Crippen molar-refractivity contribution in [3.63, 3.8) is 0 Å². The summed E-state index contributed by atoms with van der Waals surface area (Å²) in [5, 5.41) is 17.3. The number of para-hydroxylation sites is 2. The van der Waals surface area contributed by atoms with Gasteiger partial charge in [0.25, 0.3) is 0 Å². The number of pyridine rings is 4. The molecule has 0 amide bonds. The molecule has 0 bridgehead atoms. The number of benzene rings is 10. The minimum Gasteiger partial charge on any atom is -0.265 e. The first-order valence-electron chi connectivity index (χ1n) is 27.6. The van der Waals surface area contributed by atoms with E-state index in [1.54, 1.807) is 0 Å². The fourth-order valence-corrected chi connectivity index (χ4v) is 11.4. The summed E-state index contributed by atoms with van der Waals surface area (Å²) in [6, 6.07) is 99.6. The third kappa shape index (κ3) is 9.30. The summed E-state index contributed by atoms with van der Waals surface area (Å²) in [7, 11) is 0. The van der Waals surface area contributed by atoms with Crippen molar-refractivity contribution in [3.05, 3.63) is 304 Å². The lowest BCUT2D eigenvalue weighted by atomic mass is 9.91. The van der Waals surface area contributed by atoms with E-state index in [0.717, 1.165) is 78.0 Å². The van der Waals surface area contributed by atoms with Gasteiger partial charge in [0.1, 0.15) is 0 Å². The Balaban J connectivity index is 0.000000143. The van der Waals surface area contributed by atoms with Crippen LogP contribution in [0.25, 0.3) is 144 Å². The summed E-state index contributed by atoms with van der Waals surface area (Å²) >= 11 is 0. The summed E-state index contributed by atoms with van der Waals surface area (Å²) in [5.74, 6) is 0. The van der Waals surface area contributed by atoms with Gasteiger partial charge in [0.2, 0.25) is 0 Å². The van der Waals surface area contributed by atoms with Crippen LogP contribution in [0.3, 0.4) is 0 Å². The maximum Gasteiger partial charge on any atom is 0.0933 e. The maximum absolute atomic E-state index is 4.99. The van der Waals surface area contributed by atoms with E-state index in [2.05, 4.69) is 265 Å². The smallest absolute Gasteiger partial charge is 0.0933 e. The van der Waals surface area contributed by atoms with Crippen LogP contribution in [0.2, 0.25) is 0 Å². The quantitative estimate of drug-likeness (QED) is 0.152. The highest BCUT2D eigenvalue weighted by Crippen LogP contribution is 2.38. The predicted molar refractivity (Wildman–Crippen MR) is 339 cm³/mol. The molecule has 0 aliphatic heterocycles. The van der Waals surface area contributed by atoms with E-state index in [0.29, 0.717) is 0 Å². The predicted octanol–water partition coefficient (Wildman–Crippen LogP) is 19.4. The second kappa shape index (κ2) is 20.6. The number of rotatable bonds is 8. The number of nitrogens with zero attached hydrogens (tertiary/aromatic N) is 6. The highest BCUT2D eigenvalue weighted by atomic mass is 15.2. The first-order chi connectivity index (χ1) is 40.6. The molecular formula is C76H50N6. The van der Waals surface area contributed by atoms with Gasteiger partial charge in [-0.25, -0.2) is 9.03 Å². The van der Waals surface area contributed by atoms with E-state index in [4.69, 9.17) is 10.2 Å². The zero-order valence-corrected chi connectivity index (χ0v) is 44.6. The molecule has 0 saturated carbocycles. The second-order valence-corrected chi connectivity index (χ2v) is 20.9. The number of fused-ring (bicyclic) bond motifs is 8. The van der Waals surface area contributed by atoms with Gasteiger partial charge in [-0.15, -0.1) is 0 Å². The Hall–Kier alpha value is -11.1. The number of hydrogen-bond acceptors (Lipinski definition) is 4. The molecule has 0 fully saturated rings. The van der Waals surface area contributed by atoms with Crippen molar-refractivity contribution in [2.24, 2.45) is 0 Å². The van der Waals surface area contributed by atoms with Gasteiger partial charge in [0.15, 0.2) is 0 Å². The molecule has 0 aliphatic rings. The lowest BCUT2D eigenvalue weighted by Crippen LogP contribution is -1.90. The fraction of sp³-hybridized carbons (Fsp3) is 0. The van der Waals surface area contributed by atoms with Crippen molar-refractivity contribution in [3.8, 4) is 89.3 Å². The van der Waals surface area contributed by atoms with Crippen LogP contribution in [0.4, 0.5) is 0 Å². The maximum atomic E-state index is 4.99. The van der Waals surface area contributed by atoms with Crippen molar-refractivity contribution in [2.75, 3.05) is 0 Å². The molecule has 0 saturated heterocycles. The van der Waals surface area contributed by atoms with Gasteiger partial charge in [0.05, 0.1) is 33.5 Å². The molecule has 0 aliphatic carbocycles. The van der Waals surface area contributed by atoms with Crippen LogP contribution in [0, 0.1) is 0 Å². The average molecular weight is 1050 g/mol. The second-order valence-electron chi connectivity index (χ2n) is 20.9. The number of hydrogen-bond donors (Lipinski definition) is 0. The van der Waals surface area contributed by atoms with E-state index in [9.17, 15) is 0 Å². The molecule has 6 nitrogen and oxygen atoms in total. The molecular weight excluding hydrogens is 997 g/mol. The van der Waals surface area contributed by atoms with Crippen LogP contribution in [0.5, 0.6) is 0 Å². The summed E-state index contributed by atoms with van der Waals surface area (Å²) < 4.78 is 4.07. The average Bonchev–Trinajstić information content (AvgIpc) is 4.42. The summed E-state index contributed by atoms with van der Waals surface area (Å²) in [6.07, 6.45) is 7.34. The first-order valence-corrected chi connectivity index (χ1v) is 27.6. The minimum atomic E-state index is 0.964. The lowest BCUT2D eigenvalue weighted by molar-refractivity contribution is 1.01. The molecule has 0 atom stereocenters. The first kappa shape index (κ1) is 48.1. The highest BCUT2D eigenvalue weighted by molar-refractivity contribution is 5.93. The fourth-order valence-electron chi connectivity index (χ4n) is 11.4. The molecule has 6 heteroatoms. The number of aromatic nitrogens is 6. The monoisotopic (exact) mass is 1050 g/mol. The molecule has 0 unspecified atom stereocenters. The summed E-state index contributed by atoms with van der Waals surface area (Å²) in [6.45, 7) is 0. The Morgan fingerprint density at radius 3 is 0.878 bits per heavy atom. The molecule has 10 aromatic carbocycles. The van der Waals surface area contributed by atoms with Gasteiger partial charge < -0.3 is 0 Å². The van der Waals surface area contributed by atoms with E-state index in [-0.39, 0.29) is 0 Å². The molecule has 16 rings (SSSR count). The minimum absolute atomic E-state index is 0.964. The zero-order chi connectivity index (χ0) is 54.3. The van der Waals surface area contributed by atoms with Crippen molar-refractivity contribution >= 4 is 54.4 Å². The SMILES string of the molecule is c1ccc2c(c1)ccc1cc(-c3ccc(-c4cc(-c5ccncc5)cc(-c5ccncc5)c4)cc3)nn12.c1ccc2cc(-c3cc(-c4ccc(-c5cc6ccc7ccccc7n6n5)cc4)cc(-c4ccc5ccccc5c4)c3)ccc2c1. The lowest BCUT2D eigenvalue weighted by Gasteiger charge is -2.13. The van der Waals surface area contributed by atoms with Gasteiger partial charge in [-0.1, -0.05) is 170 Å². The Kier molecular flexibility index (Phi) is 12.1. The highest BCUT2D eigenvalue weighted by Gasteiger charge is 2.14. The Morgan fingerprint density at radius 2 is 0.488 bits per heavy atom. The van der Waals surface area contributed by atoms with Crippen LogP contribution in [-0.2, 0) is 0 Å². The van der Waals surface area contributed by atoms with Crippen LogP contribution >= 0.6 is 0 Å². The largest absolute Gasteiger partial charge is 0.265 e. The normalized spacial score (nSPS) is 11.4. The van der Waals surface area contributed by atoms with Gasteiger partial charge in [0, 0.05) is 46.7 Å². The van der Waals surface area contributed by atoms with E-state index in [1.165, 1.54) is 65.7 Å². The van der Waals surface area contributed by atoms with Crippen molar-refractivity contribution in [1.29, 1.82) is 0 Å². The molecule has 82 heavy (non-hydrogen) atoms. The van der Waals surface area contributed by atoms with Crippen LogP contribution < -0.4 is 0 Å². The van der Waals surface area contributed by atoms with Crippen LogP contribution in [0.15, 0.2) is 304 Å². The van der Waals surface area contributed by atoms with E-state index >= 15 is 0 Å². The molecule has 6 aromatic heterocycles. The van der Waals surface area contributed by atoms with Gasteiger partial charge in [-0.05, 0) is 198 Å². The van der Waals surface area contributed by atoms with E-state index < -0.39 is 0 Å².